The Morgan fingerprint density at radius 1 is 1.38 bits per heavy atom. The smallest absolute Gasteiger partial charge is 0.326 e. The molecule has 1 aliphatic carbocycles. The summed E-state index contributed by atoms with van der Waals surface area (Å²) in [6, 6.07) is 0. The molecule has 0 aromatic heterocycles. The van der Waals surface area contributed by atoms with E-state index < -0.39 is 5.54 Å². The monoisotopic (exact) mass is 299 g/mol. The number of carbonyl (C=O) groups excluding carboxylic acids is 1. The maximum atomic E-state index is 12.2. The van der Waals surface area contributed by atoms with Crippen LogP contribution in [0.5, 0.6) is 0 Å². The first-order chi connectivity index (χ1) is 10.0. The van der Waals surface area contributed by atoms with Gasteiger partial charge in [0.15, 0.2) is 0 Å². The molecule has 2 atom stereocenters. The molecule has 21 heavy (non-hydrogen) atoms. The minimum Gasteiger partial charge on any atom is -0.465 e. The average molecular weight is 299 g/mol. The normalized spacial score (nSPS) is 19.6. The minimum atomic E-state index is -0.651. The number of hydrogen-bond acceptors (Lipinski definition) is 4. The minimum absolute atomic E-state index is 0.0591. The zero-order valence-corrected chi connectivity index (χ0v) is 14.2. The third kappa shape index (κ3) is 6.35. The van der Waals surface area contributed by atoms with Crippen LogP contribution in [0.2, 0.25) is 0 Å². The summed E-state index contributed by atoms with van der Waals surface area (Å²) < 4.78 is 11.1. The molecule has 1 aliphatic rings. The van der Waals surface area contributed by atoms with E-state index in [2.05, 4.69) is 12.2 Å². The van der Waals surface area contributed by atoms with Crippen LogP contribution >= 0.6 is 0 Å². The van der Waals surface area contributed by atoms with E-state index in [4.69, 9.17) is 9.47 Å². The first-order valence-corrected chi connectivity index (χ1v) is 8.55. The number of esters is 1. The highest BCUT2D eigenvalue weighted by Crippen LogP contribution is 2.29. The maximum absolute atomic E-state index is 12.2. The summed E-state index contributed by atoms with van der Waals surface area (Å²) in [6.45, 7) is 9.94. The third-order valence-corrected chi connectivity index (χ3v) is 4.34. The molecule has 2 unspecified atom stereocenters. The molecule has 124 valence electrons. The number of hydrogen-bond donors (Lipinski definition) is 1. The largest absolute Gasteiger partial charge is 0.465 e. The molecule has 1 fully saturated rings. The quantitative estimate of drug-likeness (QED) is 0.595. The van der Waals surface area contributed by atoms with E-state index in [1.165, 1.54) is 19.3 Å². The van der Waals surface area contributed by atoms with E-state index in [1.807, 2.05) is 20.8 Å². The molecule has 0 radical (unpaired) electrons. The van der Waals surface area contributed by atoms with Crippen molar-refractivity contribution < 1.29 is 14.3 Å². The van der Waals surface area contributed by atoms with Crippen LogP contribution in [0.15, 0.2) is 0 Å². The molecule has 4 nitrogen and oxygen atoms in total. The molecule has 0 bridgehead atoms. The van der Waals surface area contributed by atoms with Crippen LogP contribution in [-0.2, 0) is 14.3 Å². The van der Waals surface area contributed by atoms with Gasteiger partial charge >= 0.3 is 5.97 Å². The predicted molar refractivity (Wildman–Crippen MR) is 85.3 cm³/mol. The first-order valence-electron chi connectivity index (χ1n) is 8.55. The summed E-state index contributed by atoms with van der Waals surface area (Å²) in [5.41, 5.74) is -0.651. The molecule has 0 aromatic rings. The van der Waals surface area contributed by atoms with Gasteiger partial charge in [-0.25, -0.2) is 0 Å². The van der Waals surface area contributed by atoms with Crippen LogP contribution in [0.1, 0.15) is 66.2 Å². The van der Waals surface area contributed by atoms with Crippen molar-refractivity contribution in [3.8, 4) is 0 Å². The average Bonchev–Trinajstić information content (AvgIpc) is 2.39. The third-order valence-electron chi connectivity index (χ3n) is 4.34. The second-order valence-electron chi connectivity index (χ2n) is 6.45. The van der Waals surface area contributed by atoms with Crippen LogP contribution in [0.3, 0.4) is 0 Å². The van der Waals surface area contributed by atoms with Crippen molar-refractivity contribution in [3.63, 3.8) is 0 Å². The summed E-state index contributed by atoms with van der Waals surface area (Å²) in [5.74, 6) is 0.694. The van der Waals surface area contributed by atoms with Crippen molar-refractivity contribution in [2.45, 2.75) is 77.9 Å². The molecule has 0 aromatic carbocycles. The van der Waals surface area contributed by atoms with Crippen molar-refractivity contribution >= 4 is 5.97 Å². The van der Waals surface area contributed by atoms with Gasteiger partial charge in [0, 0.05) is 13.0 Å². The van der Waals surface area contributed by atoms with Gasteiger partial charge in [-0.15, -0.1) is 0 Å². The van der Waals surface area contributed by atoms with E-state index in [-0.39, 0.29) is 12.1 Å². The van der Waals surface area contributed by atoms with Crippen LogP contribution < -0.4 is 5.32 Å². The molecule has 1 N–H and O–H groups in total. The fraction of sp³-hybridized carbons (Fsp3) is 0.941. The van der Waals surface area contributed by atoms with Crippen molar-refractivity contribution in [2.75, 3.05) is 19.8 Å². The van der Waals surface area contributed by atoms with Gasteiger partial charge in [-0.1, -0.05) is 26.2 Å². The van der Waals surface area contributed by atoms with E-state index in [0.29, 0.717) is 13.0 Å². The Morgan fingerprint density at radius 2 is 2.10 bits per heavy atom. The number of rotatable bonds is 11. The molecule has 0 heterocycles. The highest BCUT2D eigenvalue weighted by atomic mass is 16.5. The van der Waals surface area contributed by atoms with E-state index in [1.54, 1.807) is 0 Å². The van der Waals surface area contributed by atoms with Gasteiger partial charge in [0.25, 0.3) is 0 Å². The van der Waals surface area contributed by atoms with E-state index in [9.17, 15) is 4.79 Å². The maximum Gasteiger partial charge on any atom is 0.326 e. The lowest BCUT2D eigenvalue weighted by Gasteiger charge is -2.31. The van der Waals surface area contributed by atoms with Gasteiger partial charge in [-0.2, -0.15) is 0 Å². The van der Waals surface area contributed by atoms with Gasteiger partial charge < -0.3 is 14.8 Å². The number of ether oxygens (including phenoxy) is 2. The van der Waals surface area contributed by atoms with Crippen LogP contribution in [0.25, 0.3) is 0 Å². The molecule has 0 saturated heterocycles. The summed E-state index contributed by atoms with van der Waals surface area (Å²) in [4.78, 5) is 12.2. The lowest BCUT2D eigenvalue weighted by molar-refractivity contribution is -0.152. The van der Waals surface area contributed by atoms with Gasteiger partial charge in [0.05, 0.1) is 12.7 Å². The van der Waals surface area contributed by atoms with Crippen LogP contribution in [-0.4, -0.2) is 37.4 Å². The van der Waals surface area contributed by atoms with E-state index in [0.717, 1.165) is 31.9 Å². The fourth-order valence-corrected chi connectivity index (χ4v) is 2.77. The number of carbonyl (C=O) groups is 1. The zero-order valence-electron chi connectivity index (χ0n) is 14.2. The molecular weight excluding hydrogens is 266 g/mol. The van der Waals surface area contributed by atoms with Gasteiger partial charge in [0.2, 0.25) is 0 Å². The Kier molecular flexibility index (Phi) is 8.27. The Hall–Kier alpha value is -0.610. The second-order valence-corrected chi connectivity index (χ2v) is 6.45. The summed E-state index contributed by atoms with van der Waals surface area (Å²) >= 11 is 0. The molecule has 0 amide bonds. The van der Waals surface area contributed by atoms with Crippen molar-refractivity contribution in [3.05, 3.63) is 0 Å². The van der Waals surface area contributed by atoms with Gasteiger partial charge in [0.1, 0.15) is 5.54 Å². The molecular formula is C17H33NO3. The van der Waals surface area contributed by atoms with Gasteiger partial charge in [-0.3, -0.25) is 4.79 Å². The Bertz CT molecular complexity index is 304. The summed E-state index contributed by atoms with van der Waals surface area (Å²) in [6.07, 6.45) is 6.95. The van der Waals surface area contributed by atoms with Crippen molar-refractivity contribution in [1.82, 2.24) is 5.32 Å². The molecule has 4 heteroatoms. The van der Waals surface area contributed by atoms with Crippen LogP contribution in [0, 0.1) is 5.92 Å². The molecule has 0 spiro atoms. The molecule has 0 aliphatic heterocycles. The first kappa shape index (κ1) is 18.4. The Morgan fingerprint density at radius 3 is 2.62 bits per heavy atom. The standard InChI is InChI=1S/C17H33NO3/c1-5-11-18-17(4,16(19)20-6-2)13-14(3)21-12-10-15-8-7-9-15/h14-15,18H,5-13H2,1-4H3. The fourth-order valence-electron chi connectivity index (χ4n) is 2.77. The summed E-state index contributed by atoms with van der Waals surface area (Å²) in [5, 5.41) is 3.33. The molecule has 1 rings (SSSR count). The SMILES string of the molecule is CCCNC(C)(CC(C)OCCC1CCC1)C(=O)OCC. The van der Waals surface area contributed by atoms with Crippen molar-refractivity contribution in [1.29, 1.82) is 0 Å². The lowest BCUT2D eigenvalue weighted by Crippen LogP contribution is -2.52. The topological polar surface area (TPSA) is 47.6 Å². The zero-order chi connectivity index (χ0) is 15.7. The Labute approximate surface area is 130 Å². The second kappa shape index (κ2) is 9.42. The lowest BCUT2D eigenvalue weighted by atomic mass is 9.83. The van der Waals surface area contributed by atoms with Crippen molar-refractivity contribution in [2.24, 2.45) is 5.92 Å². The molecule has 1 saturated carbocycles. The summed E-state index contributed by atoms with van der Waals surface area (Å²) in [7, 11) is 0. The number of nitrogens with one attached hydrogen (secondary N) is 1. The van der Waals surface area contributed by atoms with E-state index >= 15 is 0 Å². The highest BCUT2D eigenvalue weighted by Gasteiger charge is 2.35. The Balaban J connectivity index is 2.39. The van der Waals surface area contributed by atoms with Crippen LogP contribution in [0.4, 0.5) is 0 Å². The highest BCUT2D eigenvalue weighted by molar-refractivity contribution is 5.80. The predicted octanol–water partition coefficient (Wildman–Crippen LogP) is 3.29. The van der Waals surface area contributed by atoms with Gasteiger partial charge in [-0.05, 0) is 46.1 Å².